The normalized spacial score (nSPS) is 16.1. The van der Waals surface area contributed by atoms with Crippen LogP contribution in [0.1, 0.15) is 54.1 Å². The zero-order chi connectivity index (χ0) is 32.2. The fraction of sp³-hybridized carbons (Fsp3) is 0.294. The van der Waals surface area contributed by atoms with E-state index in [-0.39, 0.29) is 22.3 Å². The van der Waals surface area contributed by atoms with Crippen molar-refractivity contribution in [2.24, 2.45) is 5.92 Å². The summed E-state index contributed by atoms with van der Waals surface area (Å²) in [6.45, 7) is 8.43. The molecule has 1 saturated heterocycles. The number of aromatic nitrogens is 2. The lowest BCUT2D eigenvalue weighted by Crippen LogP contribution is -2.29. The van der Waals surface area contributed by atoms with Gasteiger partial charge in [0.1, 0.15) is 11.6 Å². The molecule has 1 aliphatic rings. The Kier molecular flexibility index (Phi) is 9.89. The number of ketones is 1. The number of aliphatic hydroxyl groups is 1. The molecule has 1 fully saturated rings. The second-order valence-corrected chi connectivity index (χ2v) is 13.3. The molecule has 0 spiro atoms. The summed E-state index contributed by atoms with van der Waals surface area (Å²) >= 11 is 2.39. The van der Waals surface area contributed by atoms with E-state index in [0.29, 0.717) is 50.8 Å². The van der Waals surface area contributed by atoms with Gasteiger partial charge in [0, 0.05) is 11.3 Å². The Morgan fingerprint density at radius 1 is 1.07 bits per heavy atom. The number of ether oxygens (including phenoxy) is 2. The Bertz CT molecular complexity index is 1770. The largest absolute Gasteiger partial charge is 0.507 e. The molecule has 8 nitrogen and oxygen atoms in total. The van der Waals surface area contributed by atoms with Gasteiger partial charge >= 0.3 is 5.91 Å². The standard InChI is InChI=1S/C34H34FN3O5S2/c1-19(2)14-15-43-26-13-12-22(17-27(26)42-5)29-28(30(39)24-16-20(3)10-11-21(24)4)31(40)32(41)38(29)33-36-37-34(45-33)44-18-23-8-6-7-9-25(23)35/h6-13,16-17,19,29,39H,14-15,18H2,1-5H3/b30-28+. The van der Waals surface area contributed by atoms with E-state index in [1.165, 1.54) is 29.8 Å². The maximum absolute atomic E-state index is 14.2. The number of halogens is 1. The molecule has 0 bridgehead atoms. The summed E-state index contributed by atoms with van der Waals surface area (Å²) in [5.41, 5.74) is 3.05. The number of anilines is 1. The van der Waals surface area contributed by atoms with Crippen molar-refractivity contribution in [3.05, 3.63) is 99.9 Å². The van der Waals surface area contributed by atoms with Gasteiger partial charge in [-0.15, -0.1) is 10.2 Å². The van der Waals surface area contributed by atoms with Crippen LogP contribution in [0.5, 0.6) is 11.5 Å². The van der Waals surface area contributed by atoms with Crippen molar-refractivity contribution in [1.29, 1.82) is 0 Å². The summed E-state index contributed by atoms with van der Waals surface area (Å²) in [4.78, 5) is 28.7. The lowest BCUT2D eigenvalue weighted by Gasteiger charge is -2.24. The molecule has 0 saturated carbocycles. The Hall–Kier alpha value is -4.22. The summed E-state index contributed by atoms with van der Waals surface area (Å²) in [6.07, 6.45) is 0.856. The van der Waals surface area contributed by atoms with Crippen LogP contribution in [-0.4, -0.2) is 40.7 Å². The molecule has 1 unspecified atom stereocenters. The first kappa shape index (κ1) is 32.2. The minimum Gasteiger partial charge on any atom is -0.507 e. The van der Waals surface area contributed by atoms with Gasteiger partial charge in [0.15, 0.2) is 15.8 Å². The van der Waals surface area contributed by atoms with E-state index in [1.807, 2.05) is 26.0 Å². The van der Waals surface area contributed by atoms with Gasteiger partial charge in [-0.1, -0.05) is 78.9 Å². The number of rotatable bonds is 11. The first-order chi connectivity index (χ1) is 21.6. The van der Waals surface area contributed by atoms with E-state index in [2.05, 4.69) is 24.0 Å². The van der Waals surface area contributed by atoms with Crippen molar-refractivity contribution in [1.82, 2.24) is 10.2 Å². The summed E-state index contributed by atoms with van der Waals surface area (Å²) in [5.74, 6) is -0.569. The fourth-order valence-corrected chi connectivity index (χ4v) is 6.83. The van der Waals surface area contributed by atoms with Crippen LogP contribution in [0.15, 0.2) is 70.6 Å². The van der Waals surface area contributed by atoms with Crippen molar-refractivity contribution in [3.8, 4) is 11.5 Å². The number of hydrogen-bond acceptors (Lipinski definition) is 9. The molecule has 1 aromatic heterocycles. The molecular weight excluding hydrogens is 614 g/mol. The molecule has 0 radical (unpaired) electrons. The van der Waals surface area contributed by atoms with Crippen molar-refractivity contribution in [3.63, 3.8) is 0 Å². The third-order valence-corrected chi connectivity index (χ3v) is 9.56. The number of carbonyl (C=O) groups is 2. The quantitative estimate of drug-likeness (QED) is 0.0583. The maximum atomic E-state index is 14.2. The molecule has 1 N–H and O–H groups in total. The lowest BCUT2D eigenvalue weighted by molar-refractivity contribution is -0.132. The molecule has 3 aromatic carbocycles. The maximum Gasteiger partial charge on any atom is 0.301 e. The van der Waals surface area contributed by atoms with E-state index in [4.69, 9.17) is 9.47 Å². The van der Waals surface area contributed by atoms with Crippen molar-refractivity contribution >= 4 is 45.7 Å². The second kappa shape index (κ2) is 13.8. The molecular formula is C34H34FN3O5S2. The highest BCUT2D eigenvalue weighted by Crippen LogP contribution is 2.46. The minimum absolute atomic E-state index is 0.0695. The Balaban J connectivity index is 1.58. The van der Waals surface area contributed by atoms with E-state index >= 15 is 0 Å². The van der Waals surface area contributed by atoms with Crippen LogP contribution in [0.2, 0.25) is 0 Å². The number of methoxy groups -OCH3 is 1. The molecule has 0 aliphatic carbocycles. The number of carbonyl (C=O) groups excluding carboxylic acids is 2. The molecule has 4 aromatic rings. The molecule has 11 heteroatoms. The number of hydrogen-bond donors (Lipinski definition) is 1. The smallest absolute Gasteiger partial charge is 0.301 e. The predicted molar refractivity (Wildman–Crippen MR) is 175 cm³/mol. The third-order valence-electron chi connectivity index (χ3n) is 7.46. The highest BCUT2D eigenvalue weighted by Gasteiger charge is 2.48. The Labute approximate surface area is 269 Å². The van der Waals surface area contributed by atoms with Crippen LogP contribution in [0.25, 0.3) is 5.76 Å². The van der Waals surface area contributed by atoms with Gasteiger partial charge in [0.25, 0.3) is 5.78 Å². The number of benzene rings is 3. The molecule has 5 rings (SSSR count). The number of aliphatic hydroxyl groups excluding tert-OH is 1. The second-order valence-electron chi connectivity index (χ2n) is 11.2. The van der Waals surface area contributed by atoms with E-state index in [0.717, 1.165) is 28.9 Å². The highest BCUT2D eigenvalue weighted by molar-refractivity contribution is 8.00. The molecule has 1 amide bonds. The average Bonchev–Trinajstić information content (AvgIpc) is 3.59. The molecule has 45 heavy (non-hydrogen) atoms. The predicted octanol–water partition coefficient (Wildman–Crippen LogP) is 7.65. The van der Waals surface area contributed by atoms with Gasteiger partial charge in [-0.3, -0.25) is 14.5 Å². The minimum atomic E-state index is -1.03. The zero-order valence-electron chi connectivity index (χ0n) is 25.7. The first-order valence-corrected chi connectivity index (χ1v) is 16.3. The van der Waals surface area contributed by atoms with Gasteiger partial charge < -0.3 is 14.6 Å². The van der Waals surface area contributed by atoms with Gasteiger partial charge in [-0.25, -0.2) is 4.39 Å². The number of amides is 1. The van der Waals surface area contributed by atoms with Crippen molar-refractivity contribution in [2.75, 3.05) is 18.6 Å². The summed E-state index contributed by atoms with van der Waals surface area (Å²) in [7, 11) is 1.52. The van der Waals surface area contributed by atoms with Gasteiger partial charge in [0.05, 0.1) is 25.3 Å². The summed E-state index contributed by atoms with van der Waals surface area (Å²) in [5, 5.41) is 20.3. The van der Waals surface area contributed by atoms with Crippen LogP contribution < -0.4 is 14.4 Å². The molecule has 1 atom stereocenters. The van der Waals surface area contributed by atoms with Crippen LogP contribution in [0, 0.1) is 25.6 Å². The Morgan fingerprint density at radius 3 is 2.58 bits per heavy atom. The SMILES string of the molecule is COc1cc(C2/C(=C(\O)c3cc(C)ccc3C)C(=O)C(=O)N2c2nnc(SCc3ccccc3F)s2)ccc1OCCC(C)C. The highest BCUT2D eigenvalue weighted by atomic mass is 32.2. The molecule has 1 aliphatic heterocycles. The monoisotopic (exact) mass is 647 g/mol. The summed E-state index contributed by atoms with van der Waals surface area (Å²) in [6, 6.07) is 16.2. The van der Waals surface area contributed by atoms with Crippen LogP contribution >= 0.6 is 23.1 Å². The van der Waals surface area contributed by atoms with E-state index in [1.54, 1.807) is 42.5 Å². The number of nitrogens with zero attached hydrogens (tertiary/aromatic N) is 3. The zero-order valence-corrected chi connectivity index (χ0v) is 27.3. The van der Waals surface area contributed by atoms with Crippen LogP contribution in [-0.2, 0) is 15.3 Å². The topological polar surface area (TPSA) is 102 Å². The fourth-order valence-electron chi connectivity index (χ4n) is 4.97. The van der Waals surface area contributed by atoms with Crippen molar-refractivity contribution < 1.29 is 28.6 Å². The van der Waals surface area contributed by atoms with Crippen LogP contribution in [0.4, 0.5) is 9.52 Å². The van der Waals surface area contributed by atoms with E-state index in [9.17, 15) is 19.1 Å². The van der Waals surface area contributed by atoms with Gasteiger partial charge in [0.2, 0.25) is 5.13 Å². The number of aryl methyl sites for hydroxylation is 2. The number of thioether (sulfide) groups is 1. The van der Waals surface area contributed by atoms with Gasteiger partial charge in [-0.05, 0) is 67.1 Å². The Morgan fingerprint density at radius 2 is 1.84 bits per heavy atom. The van der Waals surface area contributed by atoms with E-state index < -0.39 is 17.7 Å². The summed E-state index contributed by atoms with van der Waals surface area (Å²) < 4.78 is 26.3. The van der Waals surface area contributed by atoms with Crippen molar-refractivity contribution in [2.45, 2.75) is 50.3 Å². The number of Topliss-reactive ketones (excluding diaryl/α,β-unsaturated/α-hetero) is 1. The first-order valence-electron chi connectivity index (χ1n) is 14.5. The average molecular weight is 648 g/mol. The molecule has 2 heterocycles. The van der Waals surface area contributed by atoms with Crippen LogP contribution in [0.3, 0.4) is 0 Å². The third kappa shape index (κ3) is 6.89. The lowest BCUT2D eigenvalue weighted by atomic mass is 9.93. The van der Waals surface area contributed by atoms with Gasteiger partial charge in [-0.2, -0.15) is 0 Å². The molecule has 234 valence electrons.